The molecule has 0 N–H and O–H groups in total. The van der Waals surface area contributed by atoms with Crippen LogP contribution in [-0.4, -0.2) is 5.78 Å². The van der Waals surface area contributed by atoms with Crippen LogP contribution in [0.25, 0.3) is 0 Å². The Morgan fingerprint density at radius 2 is 1.67 bits per heavy atom. The van der Waals surface area contributed by atoms with E-state index in [0.717, 1.165) is 17.5 Å². The van der Waals surface area contributed by atoms with Crippen molar-refractivity contribution in [3.63, 3.8) is 0 Å². The van der Waals surface area contributed by atoms with Crippen molar-refractivity contribution in [1.82, 2.24) is 0 Å². The molecule has 0 spiro atoms. The van der Waals surface area contributed by atoms with Crippen molar-refractivity contribution in [2.24, 2.45) is 0 Å². The summed E-state index contributed by atoms with van der Waals surface area (Å²) >= 11 is 3.47. The van der Waals surface area contributed by atoms with E-state index in [2.05, 4.69) is 22.9 Å². The fourth-order valence-electron chi connectivity index (χ4n) is 1.82. The van der Waals surface area contributed by atoms with E-state index in [-0.39, 0.29) is 10.6 Å². The number of benzene rings is 2. The van der Waals surface area contributed by atoms with Gasteiger partial charge in [0.15, 0.2) is 5.78 Å². The summed E-state index contributed by atoms with van der Waals surface area (Å²) in [4.78, 5) is 12.0. The quantitative estimate of drug-likeness (QED) is 0.597. The minimum atomic E-state index is -0.272. The Morgan fingerprint density at radius 3 is 2.22 bits per heavy atom. The van der Waals surface area contributed by atoms with E-state index >= 15 is 0 Å². The summed E-state index contributed by atoms with van der Waals surface area (Å²) in [5, 5.41) is 0. The molecule has 0 heterocycles. The third-order valence-electron chi connectivity index (χ3n) is 2.97. The first kappa shape index (κ1) is 13.0. The highest BCUT2D eigenvalue weighted by molar-refractivity contribution is 9.09. The lowest BCUT2D eigenvalue weighted by atomic mass is 10.0. The minimum Gasteiger partial charge on any atom is -0.293 e. The maximum Gasteiger partial charge on any atom is 0.180 e. The number of hydrogen-bond acceptors (Lipinski definition) is 1. The van der Waals surface area contributed by atoms with Crippen LogP contribution in [-0.2, 0) is 6.42 Å². The molecule has 0 fully saturated rings. The number of aryl methyl sites for hydroxylation is 1. The fourth-order valence-corrected chi connectivity index (χ4v) is 2.39. The molecule has 0 saturated carbocycles. The molecule has 0 amide bonds. The Hall–Kier alpha value is -1.41. The molecular formula is C16H15BrO. The predicted molar refractivity (Wildman–Crippen MR) is 78.3 cm³/mol. The summed E-state index contributed by atoms with van der Waals surface area (Å²) in [6.45, 7) is 2.11. The van der Waals surface area contributed by atoms with Gasteiger partial charge in [0, 0.05) is 5.56 Å². The van der Waals surface area contributed by atoms with E-state index < -0.39 is 0 Å². The zero-order valence-corrected chi connectivity index (χ0v) is 11.9. The van der Waals surface area contributed by atoms with Crippen LogP contribution in [0, 0.1) is 0 Å². The van der Waals surface area contributed by atoms with E-state index in [4.69, 9.17) is 0 Å². The average molecular weight is 303 g/mol. The highest BCUT2D eigenvalue weighted by Crippen LogP contribution is 2.26. The average Bonchev–Trinajstić information content (AvgIpc) is 2.47. The third-order valence-corrected chi connectivity index (χ3v) is 3.91. The fraction of sp³-hybridized carbons (Fsp3) is 0.188. The lowest BCUT2D eigenvalue weighted by Gasteiger charge is -2.09. The number of carbonyl (C=O) groups is 1. The van der Waals surface area contributed by atoms with Crippen molar-refractivity contribution in [2.45, 2.75) is 18.2 Å². The zero-order valence-electron chi connectivity index (χ0n) is 10.3. The Kier molecular flexibility index (Phi) is 4.32. The number of alkyl halides is 1. The lowest BCUT2D eigenvalue weighted by Crippen LogP contribution is -2.06. The SMILES string of the molecule is CCc1ccc(C(=O)C(Br)c2ccccc2)cc1. The summed E-state index contributed by atoms with van der Waals surface area (Å²) in [5.74, 6) is 0.101. The third kappa shape index (κ3) is 2.88. The predicted octanol–water partition coefficient (Wildman–Crippen LogP) is 4.57. The lowest BCUT2D eigenvalue weighted by molar-refractivity contribution is 0.0991. The van der Waals surface area contributed by atoms with E-state index in [1.54, 1.807) is 0 Å². The first-order valence-electron chi connectivity index (χ1n) is 6.04. The molecule has 2 heteroatoms. The molecule has 0 radical (unpaired) electrons. The van der Waals surface area contributed by atoms with Gasteiger partial charge in [-0.3, -0.25) is 4.79 Å². The zero-order chi connectivity index (χ0) is 13.0. The molecule has 0 aliphatic rings. The highest BCUT2D eigenvalue weighted by Gasteiger charge is 2.18. The van der Waals surface area contributed by atoms with Crippen molar-refractivity contribution in [1.29, 1.82) is 0 Å². The van der Waals surface area contributed by atoms with Crippen LogP contribution in [0.2, 0.25) is 0 Å². The van der Waals surface area contributed by atoms with Crippen molar-refractivity contribution in [2.75, 3.05) is 0 Å². The molecule has 2 aromatic rings. The van der Waals surface area contributed by atoms with Crippen LogP contribution >= 0.6 is 15.9 Å². The van der Waals surface area contributed by atoms with E-state index in [9.17, 15) is 4.79 Å². The van der Waals surface area contributed by atoms with Gasteiger partial charge in [0.1, 0.15) is 4.83 Å². The topological polar surface area (TPSA) is 17.1 Å². The molecule has 0 bridgehead atoms. The Morgan fingerprint density at radius 1 is 1.06 bits per heavy atom. The van der Waals surface area contributed by atoms with Crippen LogP contribution < -0.4 is 0 Å². The Bertz CT molecular complexity index is 517. The van der Waals surface area contributed by atoms with Gasteiger partial charge in [-0.05, 0) is 17.5 Å². The van der Waals surface area contributed by atoms with Gasteiger partial charge in [-0.15, -0.1) is 0 Å². The van der Waals surface area contributed by atoms with Crippen LogP contribution in [0.4, 0.5) is 0 Å². The smallest absolute Gasteiger partial charge is 0.180 e. The van der Waals surface area contributed by atoms with Gasteiger partial charge >= 0.3 is 0 Å². The van der Waals surface area contributed by atoms with E-state index in [0.29, 0.717) is 0 Å². The van der Waals surface area contributed by atoms with Gasteiger partial charge in [-0.25, -0.2) is 0 Å². The first-order chi connectivity index (χ1) is 8.72. The number of Topliss-reactive ketones (excluding diaryl/α,β-unsaturated/α-hetero) is 1. The number of rotatable bonds is 4. The molecule has 0 saturated heterocycles. The standard InChI is InChI=1S/C16H15BrO/c1-2-12-8-10-14(11-9-12)16(18)15(17)13-6-4-3-5-7-13/h3-11,15H,2H2,1H3. The molecule has 2 rings (SSSR count). The summed E-state index contributed by atoms with van der Waals surface area (Å²) in [6.07, 6.45) is 0.991. The number of ketones is 1. The van der Waals surface area contributed by atoms with Crippen molar-refractivity contribution in [3.05, 3.63) is 71.3 Å². The van der Waals surface area contributed by atoms with E-state index in [1.165, 1.54) is 5.56 Å². The van der Waals surface area contributed by atoms with Crippen LogP contribution in [0.3, 0.4) is 0 Å². The molecule has 0 aliphatic heterocycles. The van der Waals surface area contributed by atoms with Crippen molar-refractivity contribution < 1.29 is 4.79 Å². The number of halogens is 1. The molecule has 1 unspecified atom stereocenters. The second kappa shape index (κ2) is 5.96. The molecular weight excluding hydrogens is 288 g/mol. The summed E-state index contributed by atoms with van der Waals surface area (Å²) in [5.41, 5.74) is 2.98. The first-order valence-corrected chi connectivity index (χ1v) is 6.96. The largest absolute Gasteiger partial charge is 0.293 e. The number of carbonyl (C=O) groups excluding carboxylic acids is 1. The number of hydrogen-bond donors (Lipinski definition) is 0. The Labute approximate surface area is 116 Å². The summed E-state index contributed by atoms with van der Waals surface area (Å²) in [6, 6.07) is 17.6. The summed E-state index contributed by atoms with van der Waals surface area (Å²) < 4.78 is 0. The monoisotopic (exact) mass is 302 g/mol. The van der Waals surface area contributed by atoms with E-state index in [1.807, 2.05) is 54.6 Å². The molecule has 1 nitrogen and oxygen atoms in total. The van der Waals surface area contributed by atoms with Crippen LogP contribution in [0.1, 0.15) is 33.2 Å². The van der Waals surface area contributed by atoms with Crippen LogP contribution in [0.5, 0.6) is 0 Å². The van der Waals surface area contributed by atoms with Crippen molar-refractivity contribution in [3.8, 4) is 0 Å². The normalized spacial score (nSPS) is 12.1. The van der Waals surface area contributed by atoms with Crippen LogP contribution in [0.15, 0.2) is 54.6 Å². The maximum atomic E-state index is 12.3. The highest BCUT2D eigenvalue weighted by atomic mass is 79.9. The van der Waals surface area contributed by atoms with Gasteiger partial charge in [0.2, 0.25) is 0 Å². The Balaban J connectivity index is 2.20. The second-order valence-electron chi connectivity index (χ2n) is 4.19. The maximum absolute atomic E-state index is 12.3. The molecule has 18 heavy (non-hydrogen) atoms. The van der Waals surface area contributed by atoms with Gasteiger partial charge in [0.05, 0.1) is 0 Å². The van der Waals surface area contributed by atoms with Gasteiger partial charge < -0.3 is 0 Å². The molecule has 0 aromatic heterocycles. The minimum absolute atomic E-state index is 0.101. The molecule has 0 aliphatic carbocycles. The van der Waals surface area contributed by atoms with Gasteiger partial charge in [-0.2, -0.15) is 0 Å². The van der Waals surface area contributed by atoms with Gasteiger partial charge in [-0.1, -0.05) is 77.5 Å². The molecule has 2 aromatic carbocycles. The van der Waals surface area contributed by atoms with Gasteiger partial charge in [0.25, 0.3) is 0 Å². The molecule has 92 valence electrons. The second-order valence-corrected chi connectivity index (χ2v) is 5.10. The summed E-state index contributed by atoms with van der Waals surface area (Å²) in [7, 11) is 0. The molecule has 1 atom stereocenters. The van der Waals surface area contributed by atoms with Crippen molar-refractivity contribution >= 4 is 21.7 Å².